The van der Waals surface area contributed by atoms with Crippen LogP contribution in [0, 0.1) is 0 Å². The number of hydrogen-bond acceptors (Lipinski definition) is 2. The van der Waals surface area contributed by atoms with Gasteiger partial charge in [0.05, 0.1) is 5.35 Å². The Morgan fingerprint density at radius 2 is 2.12 bits per heavy atom. The maximum Gasteiger partial charge on any atom is 0.418 e. The molecule has 0 radical (unpaired) electrons. The fourth-order valence-electron chi connectivity index (χ4n) is 1.33. The highest BCUT2D eigenvalue weighted by molar-refractivity contribution is 5.71. The highest BCUT2D eigenvalue weighted by Gasteiger charge is 2.17. The molecule has 0 spiro atoms. The predicted octanol–water partition coefficient (Wildman–Crippen LogP) is 2.04. The van der Waals surface area contributed by atoms with Crippen LogP contribution in [-0.2, 0) is 4.74 Å². The van der Waals surface area contributed by atoms with E-state index in [1.54, 1.807) is 12.3 Å². The first-order valence-electron chi connectivity index (χ1n) is 5.58. The van der Waals surface area contributed by atoms with E-state index in [0.717, 1.165) is 10.6 Å². The van der Waals surface area contributed by atoms with Crippen LogP contribution in [-0.4, -0.2) is 16.3 Å². The molecule has 3 nitrogen and oxygen atoms in total. The average Bonchev–Trinajstić information content (AvgIpc) is 2.54. The van der Waals surface area contributed by atoms with Crippen molar-refractivity contribution in [3.05, 3.63) is 35.0 Å². The van der Waals surface area contributed by atoms with Gasteiger partial charge in [0.2, 0.25) is 0 Å². The summed E-state index contributed by atoms with van der Waals surface area (Å²) in [6.07, 6.45) is 6.89. The fourth-order valence-corrected chi connectivity index (χ4v) is 1.33. The van der Waals surface area contributed by atoms with E-state index in [1.165, 1.54) is 4.57 Å². The lowest BCUT2D eigenvalue weighted by Gasteiger charge is -2.19. The summed E-state index contributed by atoms with van der Waals surface area (Å²) in [4.78, 5) is 11.9. The van der Waals surface area contributed by atoms with Gasteiger partial charge < -0.3 is 4.74 Å². The van der Waals surface area contributed by atoms with E-state index in [-0.39, 0.29) is 6.09 Å². The summed E-state index contributed by atoms with van der Waals surface area (Å²) in [6.45, 7) is 11.3. The van der Waals surface area contributed by atoms with Gasteiger partial charge in [0.15, 0.2) is 0 Å². The number of ether oxygens (including phenoxy) is 1. The van der Waals surface area contributed by atoms with Gasteiger partial charge in [-0.25, -0.2) is 4.79 Å². The van der Waals surface area contributed by atoms with Crippen LogP contribution in [0.3, 0.4) is 0 Å². The van der Waals surface area contributed by atoms with Gasteiger partial charge in [-0.3, -0.25) is 4.57 Å². The molecule has 0 saturated carbocycles. The number of rotatable bonds is 1. The van der Waals surface area contributed by atoms with Crippen LogP contribution in [0.25, 0.3) is 12.7 Å². The van der Waals surface area contributed by atoms with Crippen molar-refractivity contribution in [3.8, 4) is 0 Å². The Bertz CT molecular complexity index is 530. The molecule has 17 heavy (non-hydrogen) atoms. The maximum atomic E-state index is 11.9. The molecule has 0 saturated heterocycles. The standard InChI is InChI=1S/C14H19NO2/c1-6-7-8-12-11(2)9-10-15(12)13(16)17-14(3,4)5/h6-10H,2H2,1,3-5H3/b7-6-,12-8+. The molecule has 0 atom stereocenters. The van der Waals surface area contributed by atoms with Crippen LogP contribution in [0.4, 0.5) is 4.79 Å². The Morgan fingerprint density at radius 3 is 2.65 bits per heavy atom. The van der Waals surface area contributed by atoms with E-state index in [9.17, 15) is 4.79 Å². The molecule has 92 valence electrons. The number of allylic oxidation sites excluding steroid dienone is 2. The first-order chi connectivity index (χ1) is 7.85. The Balaban J connectivity index is 3.16. The van der Waals surface area contributed by atoms with Crippen molar-refractivity contribution in [2.75, 3.05) is 0 Å². The minimum Gasteiger partial charge on any atom is -0.443 e. The SMILES string of the molecule is C=c1ccn(C(=O)OC(C)(C)C)/c1=C/C=C\C. The van der Waals surface area contributed by atoms with Gasteiger partial charge in [0, 0.05) is 6.20 Å². The molecular weight excluding hydrogens is 214 g/mol. The van der Waals surface area contributed by atoms with Gasteiger partial charge in [-0.2, -0.15) is 0 Å². The summed E-state index contributed by atoms with van der Waals surface area (Å²) in [5.41, 5.74) is -0.499. The Kier molecular flexibility index (Phi) is 3.94. The summed E-state index contributed by atoms with van der Waals surface area (Å²) in [7, 11) is 0. The average molecular weight is 233 g/mol. The van der Waals surface area contributed by atoms with Crippen LogP contribution in [0.2, 0.25) is 0 Å². The molecule has 1 heterocycles. The van der Waals surface area contributed by atoms with Gasteiger partial charge in [-0.15, -0.1) is 0 Å². The van der Waals surface area contributed by atoms with Crippen LogP contribution in [0.1, 0.15) is 27.7 Å². The first-order valence-corrected chi connectivity index (χ1v) is 5.58. The monoisotopic (exact) mass is 233 g/mol. The van der Waals surface area contributed by atoms with Crippen molar-refractivity contribution in [1.29, 1.82) is 0 Å². The summed E-state index contributed by atoms with van der Waals surface area (Å²) < 4.78 is 6.78. The summed E-state index contributed by atoms with van der Waals surface area (Å²) in [5.74, 6) is 0. The van der Waals surface area contributed by atoms with E-state index in [4.69, 9.17) is 4.74 Å². The molecule has 0 bridgehead atoms. The number of hydrogen-bond donors (Lipinski definition) is 0. The molecule has 0 aromatic carbocycles. The number of aromatic nitrogens is 1. The Hall–Kier alpha value is -1.77. The highest BCUT2D eigenvalue weighted by atomic mass is 16.6. The zero-order valence-corrected chi connectivity index (χ0v) is 10.9. The lowest BCUT2D eigenvalue weighted by Crippen LogP contribution is -2.36. The smallest absolute Gasteiger partial charge is 0.418 e. The zero-order valence-electron chi connectivity index (χ0n) is 10.9. The molecule has 1 rings (SSSR count). The van der Waals surface area contributed by atoms with Crippen molar-refractivity contribution in [3.63, 3.8) is 0 Å². The van der Waals surface area contributed by atoms with E-state index in [2.05, 4.69) is 6.58 Å². The normalized spacial score (nSPS) is 13.3. The number of carbonyl (C=O) groups is 1. The summed E-state index contributed by atoms with van der Waals surface area (Å²) in [5, 5.41) is 1.55. The summed E-state index contributed by atoms with van der Waals surface area (Å²) >= 11 is 0. The molecule has 0 aliphatic heterocycles. The third-order valence-electron chi connectivity index (χ3n) is 2.05. The minimum absolute atomic E-state index is 0.386. The molecule has 0 aliphatic rings. The summed E-state index contributed by atoms with van der Waals surface area (Å²) in [6, 6.07) is 1.79. The second-order valence-corrected chi connectivity index (χ2v) is 4.77. The van der Waals surface area contributed by atoms with Crippen molar-refractivity contribution < 1.29 is 9.53 Å². The second-order valence-electron chi connectivity index (χ2n) is 4.77. The number of nitrogens with zero attached hydrogens (tertiary/aromatic N) is 1. The first kappa shape index (κ1) is 13.3. The Labute approximate surface area is 102 Å². The van der Waals surface area contributed by atoms with Crippen LogP contribution in [0.5, 0.6) is 0 Å². The van der Waals surface area contributed by atoms with E-state index < -0.39 is 5.60 Å². The van der Waals surface area contributed by atoms with Gasteiger partial charge >= 0.3 is 6.09 Å². The lowest BCUT2D eigenvalue weighted by molar-refractivity contribution is 0.0532. The second kappa shape index (κ2) is 5.04. The zero-order chi connectivity index (χ0) is 13.1. The molecule has 0 fully saturated rings. The van der Waals surface area contributed by atoms with Crippen molar-refractivity contribution in [2.45, 2.75) is 33.3 Å². The van der Waals surface area contributed by atoms with Gasteiger partial charge in [0.1, 0.15) is 5.60 Å². The molecule has 1 aromatic rings. The molecule has 0 aliphatic carbocycles. The topological polar surface area (TPSA) is 31.2 Å². The largest absolute Gasteiger partial charge is 0.443 e. The van der Waals surface area contributed by atoms with Crippen LogP contribution < -0.4 is 10.6 Å². The third-order valence-corrected chi connectivity index (χ3v) is 2.05. The van der Waals surface area contributed by atoms with E-state index in [1.807, 2.05) is 45.9 Å². The molecule has 0 unspecified atom stereocenters. The van der Waals surface area contributed by atoms with Crippen molar-refractivity contribution in [1.82, 2.24) is 4.57 Å². The molecule has 3 heteroatoms. The van der Waals surface area contributed by atoms with Crippen LogP contribution >= 0.6 is 0 Å². The highest BCUT2D eigenvalue weighted by Crippen LogP contribution is 2.07. The number of carbonyl (C=O) groups excluding carboxylic acids is 1. The van der Waals surface area contributed by atoms with E-state index in [0.29, 0.717) is 0 Å². The molecule has 0 amide bonds. The fraction of sp³-hybridized carbons (Fsp3) is 0.357. The predicted molar refractivity (Wildman–Crippen MR) is 70.1 cm³/mol. The quantitative estimate of drug-likeness (QED) is 0.743. The van der Waals surface area contributed by atoms with Gasteiger partial charge in [0.25, 0.3) is 0 Å². The Morgan fingerprint density at radius 1 is 1.47 bits per heavy atom. The van der Waals surface area contributed by atoms with Gasteiger partial charge in [-0.05, 0) is 45.1 Å². The van der Waals surface area contributed by atoms with E-state index >= 15 is 0 Å². The maximum absolute atomic E-state index is 11.9. The molecule has 0 N–H and O–H groups in total. The molecule has 1 aromatic heterocycles. The van der Waals surface area contributed by atoms with Gasteiger partial charge in [-0.1, -0.05) is 18.7 Å². The minimum atomic E-state index is -0.499. The van der Waals surface area contributed by atoms with Crippen molar-refractivity contribution in [2.24, 2.45) is 0 Å². The third kappa shape index (κ3) is 3.63. The van der Waals surface area contributed by atoms with Crippen LogP contribution in [0.15, 0.2) is 24.4 Å². The lowest BCUT2D eigenvalue weighted by atomic mass is 10.2. The molecular formula is C14H19NO2. The van der Waals surface area contributed by atoms with Crippen molar-refractivity contribution >= 4 is 18.7 Å².